The van der Waals surface area contributed by atoms with Crippen LogP contribution in [0.1, 0.15) is 16.7 Å². The molecule has 7 heteroatoms. The van der Waals surface area contributed by atoms with Gasteiger partial charge in [0.1, 0.15) is 0 Å². The van der Waals surface area contributed by atoms with Crippen molar-refractivity contribution in [2.24, 2.45) is 0 Å². The third-order valence-corrected chi connectivity index (χ3v) is 5.78. The number of sulfone groups is 1. The molecule has 114 valence electrons. The maximum atomic E-state index is 12.4. The highest BCUT2D eigenvalue weighted by Crippen LogP contribution is 2.27. The fourth-order valence-corrected chi connectivity index (χ4v) is 3.45. The molecular weight excluding hydrogens is 316 g/mol. The quantitative estimate of drug-likeness (QED) is 0.901. The van der Waals surface area contributed by atoms with Crippen molar-refractivity contribution in [2.45, 2.75) is 31.0 Å². The third kappa shape index (κ3) is 3.41. The van der Waals surface area contributed by atoms with Gasteiger partial charge < -0.3 is 5.32 Å². The number of benzene rings is 1. The van der Waals surface area contributed by atoms with Gasteiger partial charge in [-0.3, -0.25) is 0 Å². The summed E-state index contributed by atoms with van der Waals surface area (Å²) < 4.78 is 47.4. The molecule has 0 spiro atoms. The van der Waals surface area contributed by atoms with Crippen LogP contribution in [-0.2, 0) is 16.4 Å². The molecule has 3 nitrogen and oxygen atoms in total. The summed E-state index contributed by atoms with van der Waals surface area (Å²) in [6.45, 7) is 4.56. The van der Waals surface area contributed by atoms with Crippen LogP contribution < -0.4 is 5.32 Å². The minimum atomic E-state index is -4.52. The van der Waals surface area contributed by atoms with Gasteiger partial charge in [0.15, 0.2) is 0 Å². The van der Waals surface area contributed by atoms with E-state index in [2.05, 4.69) is 10.7 Å². The zero-order chi connectivity index (χ0) is 15.6. The largest absolute Gasteiger partial charge is 0.373 e. The summed E-state index contributed by atoms with van der Waals surface area (Å²) in [5.41, 5.74) is 3.21. The van der Waals surface area contributed by atoms with Crippen molar-refractivity contribution < 1.29 is 17.2 Å². The smallest absolute Gasteiger partial charge is 0.341 e. The lowest BCUT2D eigenvalue weighted by atomic mass is 10.2. The van der Waals surface area contributed by atoms with Gasteiger partial charge in [-0.15, -0.1) is 11.3 Å². The third-order valence-electron chi connectivity index (χ3n) is 3.23. The van der Waals surface area contributed by atoms with Crippen LogP contribution in [0.3, 0.4) is 0 Å². The van der Waals surface area contributed by atoms with Gasteiger partial charge in [-0.1, -0.05) is 12.1 Å². The van der Waals surface area contributed by atoms with Gasteiger partial charge in [0.05, 0.1) is 9.90 Å². The molecule has 0 aliphatic rings. The van der Waals surface area contributed by atoms with Crippen molar-refractivity contribution in [2.75, 3.05) is 5.32 Å². The van der Waals surface area contributed by atoms with Crippen LogP contribution in [0.2, 0.25) is 0 Å². The van der Waals surface area contributed by atoms with E-state index in [0.717, 1.165) is 10.6 Å². The Kier molecular flexibility index (Phi) is 4.63. The van der Waals surface area contributed by atoms with Gasteiger partial charge in [0.25, 0.3) is 0 Å². The van der Waals surface area contributed by atoms with Crippen molar-refractivity contribution in [3.63, 3.8) is 0 Å². The van der Waals surface area contributed by atoms with Crippen molar-refractivity contribution in [3.8, 4) is 0 Å². The van der Waals surface area contributed by atoms with Crippen molar-refractivity contribution in [1.29, 1.82) is 0 Å². The molecule has 0 atom stereocenters. The molecule has 1 heterocycles. The van der Waals surface area contributed by atoms with Gasteiger partial charge >= 0.3 is 5.76 Å². The number of anilines is 1. The summed E-state index contributed by atoms with van der Waals surface area (Å²) in [5, 5.41) is 6.36. The Morgan fingerprint density at radius 2 is 1.81 bits per heavy atom. The fraction of sp³-hybridized carbons (Fsp3) is 0.286. The first-order chi connectivity index (χ1) is 9.82. The highest BCUT2D eigenvalue weighted by molar-refractivity contribution is 7.91. The summed E-state index contributed by atoms with van der Waals surface area (Å²) in [7, 11) is -4.52. The second kappa shape index (κ2) is 6.11. The minimum absolute atomic E-state index is 0.357. The molecule has 0 aliphatic carbocycles. The maximum Gasteiger partial charge on any atom is 0.341 e. The highest BCUT2D eigenvalue weighted by Gasteiger charge is 2.26. The molecule has 0 fully saturated rings. The van der Waals surface area contributed by atoms with Gasteiger partial charge in [0, 0.05) is 6.54 Å². The number of nitrogens with one attached hydrogen (secondary N) is 1. The van der Waals surface area contributed by atoms with Crippen LogP contribution in [0.4, 0.5) is 13.8 Å². The average Bonchev–Trinajstić information content (AvgIpc) is 2.77. The highest BCUT2D eigenvalue weighted by atomic mass is 32.2. The Bertz CT molecular complexity index is 722. The standard InChI is InChI=1S/C14H15F2NO2S2/c1-9-8-20-13(10(9)2)17-7-11-3-5-12(6-4-11)21(18,19)14(15)16/h3-6,8,14,17H,7H2,1-2H3. The summed E-state index contributed by atoms with van der Waals surface area (Å²) in [4.78, 5) is -0.357. The molecule has 2 rings (SSSR count). The molecule has 0 amide bonds. The number of alkyl halides is 2. The molecule has 0 saturated heterocycles. The van der Waals surface area contributed by atoms with Gasteiger partial charge in [-0.05, 0) is 48.1 Å². The van der Waals surface area contributed by atoms with Crippen LogP contribution in [-0.4, -0.2) is 14.2 Å². The summed E-state index contributed by atoms with van der Waals surface area (Å²) in [5.74, 6) is -3.39. The number of halogens is 2. The SMILES string of the molecule is Cc1csc(NCc2ccc(S(=O)(=O)C(F)F)cc2)c1C. The monoisotopic (exact) mass is 331 g/mol. The molecule has 0 unspecified atom stereocenters. The molecule has 0 bridgehead atoms. The van der Waals surface area contributed by atoms with E-state index in [0.29, 0.717) is 6.54 Å². The van der Waals surface area contributed by atoms with Crippen LogP contribution in [0, 0.1) is 13.8 Å². The second-order valence-electron chi connectivity index (χ2n) is 4.68. The van der Waals surface area contributed by atoms with E-state index < -0.39 is 15.6 Å². The molecular formula is C14H15F2NO2S2. The van der Waals surface area contributed by atoms with E-state index in [-0.39, 0.29) is 4.90 Å². The first kappa shape index (κ1) is 15.9. The Labute approximate surface area is 126 Å². The lowest BCUT2D eigenvalue weighted by molar-refractivity contribution is 0.234. The Morgan fingerprint density at radius 3 is 2.29 bits per heavy atom. The maximum absolute atomic E-state index is 12.4. The van der Waals surface area contributed by atoms with Crippen LogP contribution >= 0.6 is 11.3 Å². The summed E-state index contributed by atoms with van der Waals surface area (Å²) in [6, 6.07) is 5.51. The second-order valence-corrected chi connectivity index (χ2v) is 7.47. The fourth-order valence-electron chi connectivity index (χ4n) is 1.76. The molecule has 2 aromatic rings. The lowest BCUT2D eigenvalue weighted by Gasteiger charge is -2.07. The summed E-state index contributed by atoms with van der Waals surface area (Å²) >= 11 is 1.60. The van der Waals surface area contributed by atoms with Crippen LogP contribution in [0.15, 0.2) is 34.5 Å². The van der Waals surface area contributed by atoms with Gasteiger partial charge in [-0.25, -0.2) is 8.42 Å². The molecule has 1 N–H and O–H groups in total. The normalized spacial score (nSPS) is 11.9. The molecule has 0 saturated carbocycles. The summed E-state index contributed by atoms with van der Waals surface area (Å²) in [6.07, 6.45) is 0. The predicted octanol–water partition coefficient (Wildman–Crippen LogP) is 3.97. The molecule has 1 aromatic heterocycles. The zero-order valence-electron chi connectivity index (χ0n) is 11.6. The van der Waals surface area contributed by atoms with Gasteiger partial charge in [0.2, 0.25) is 9.84 Å². The number of thiophene rings is 1. The van der Waals surface area contributed by atoms with Crippen molar-refractivity contribution in [1.82, 2.24) is 0 Å². The van der Waals surface area contributed by atoms with Gasteiger partial charge in [-0.2, -0.15) is 8.78 Å². The van der Waals surface area contributed by atoms with E-state index in [1.54, 1.807) is 11.3 Å². The number of hydrogen-bond donors (Lipinski definition) is 1. The number of rotatable bonds is 5. The molecule has 0 aliphatic heterocycles. The van der Waals surface area contributed by atoms with E-state index in [4.69, 9.17) is 0 Å². The van der Waals surface area contributed by atoms with E-state index in [1.807, 2.05) is 13.8 Å². The molecule has 0 radical (unpaired) electrons. The Hall–Kier alpha value is -1.47. The number of aryl methyl sites for hydroxylation is 1. The first-order valence-electron chi connectivity index (χ1n) is 6.22. The lowest BCUT2D eigenvalue weighted by Crippen LogP contribution is -2.11. The first-order valence-corrected chi connectivity index (χ1v) is 8.64. The van der Waals surface area contributed by atoms with Crippen LogP contribution in [0.5, 0.6) is 0 Å². The molecule has 1 aromatic carbocycles. The topological polar surface area (TPSA) is 46.2 Å². The van der Waals surface area contributed by atoms with Crippen LogP contribution in [0.25, 0.3) is 0 Å². The van der Waals surface area contributed by atoms with Crippen molar-refractivity contribution in [3.05, 3.63) is 46.3 Å². The average molecular weight is 331 g/mol. The minimum Gasteiger partial charge on any atom is -0.373 e. The number of hydrogen-bond acceptors (Lipinski definition) is 4. The van der Waals surface area contributed by atoms with E-state index in [9.17, 15) is 17.2 Å². The zero-order valence-corrected chi connectivity index (χ0v) is 13.2. The van der Waals surface area contributed by atoms with E-state index >= 15 is 0 Å². The van der Waals surface area contributed by atoms with Crippen molar-refractivity contribution >= 4 is 26.2 Å². The molecule has 21 heavy (non-hydrogen) atoms. The Balaban J connectivity index is 2.08. The Morgan fingerprint density at radius 1 is 1.19 bits per heavy atom. The van der Waals surface area contributed by atoms with E-state index in [1.165, 1.54) is 35.4 Å². The predicted molar refractivity (Wildman–Crippen MR) is 80.8 cm³/mol.